The first-order chi connectivity index (χ1) is 12.1. The largest absolute Gasteiger partial charge is 0.440 e. The van der Waals surface area contributed by atoms with Gasteiger partial charge in [0, 0.05) is 5.92 Å². The van der Waals surface area contributed by atoms with Gasteiger partial charge in [-0.1, -0.05) is 35.6 Å². The van der Waals surface area contributed by atoms with Crippen LogP contribution in [0.25, 0.3) is 11.1 Å². The molecule has 4 fully saturated rings. The Balaban J connectivity index is 0.00000168. The Morgan fingerprint density at radius 2 is 2.08 bits per heavy atom. The number of oxazole rings is 1. The minimum absolute atomic E-state index is 0. The minimum atomic E-state index is -0.0188. The summed E-state index contributed by atoms with van der Waals surface area (Å²) < 4.78 is 6.30. The van der Waals surface area contributed by atoms with Gasteiger partial charge in [-0.25, -0.2) is 4.98 Å². The van der Waals surface area contributed by atoms with Crippen molar-refractivity contribution >= 4 is 52.0 Å². The molecule has 0 spiro atoms. The summed E-state index contributed by atoms with van der Waals surface area (Å²) in [4.78, 5) is 20.1. The SMILES string of the molecule is CC1CC1c1nc2c(C(=O)NC3C4CCN(CC4)C3I)cccc2o1.Cl. The topological polar surface area (TPSA) is 58.4 Å². The van der Waals surface area contributed by atoms with Gasteiger partial charge in [0.1, 0.15) is 5.52 Å². The molecule has 4 aliphatic rings. The van der Waals surface area contributed by atoms with E-state index >= 15 is 0 Å². The molecule has 2 aromatic rings. The Hall–Kier alpha value is -0.860. The van der Waals surface area contributed by atoms with Crippen LogP contribution in [0.4, 0.5) is 0 Å². The number of para-hydroxylation sites is 1. The lowest BCUT2D eigenvalue weighted by molar-refractivity contribution is 0.0554. The van der Waals surface area contributed by atoms with Crippen LogP contribution >= 0.6 is 35.0 Å². The highest BCUT2D eigenvalue weighted by Crippen LogP contribution is 2.47. The normalized spacial score (nSPS) is 35.2. The number of rotatable bonds is 3. The number of hydrogen-bond acceptors (Lipinski definition) is 4. The van der Waals surface area contributed by atoms with E-state index in [9.17, 15) is 4.79 Å². The Morgan fingerprint density at radius 3 is 2.73 bits per heavy atom. The number of fused-ring (bicyclic) bond motifs is 4. The Morgan fingerprint density at radius 1 is 1.35 bits per heavy atom. The summed E-state index contributed by atoms with van der Waals surface area (Å²) in [6.07, 6.45) is 3.50. The van der Waals surface area contributed by atoms with E-state index in [4.69, 9.17) is 4.42 Å². The fourth-order valence-corrected chi connectivity index (χ4v) is 5.69. The zero-order valence-corrected chi connectivity index (χ0v) is 17.6. The Bertz CT molecular complexity index is 831. The van der Waals surface area contributed by atoms with Crippen molar-refractivity contribution in [3.63, 3.8) is 0 Å². The van der Waals surface area contributed by atoms with E-state index in [0.29, 0.717) is 32.9 Å². The number of piperidine rings is 3. The molecule has 1 N–H and O–H groups in total. The van der Waals surface area contributed by atoms with Crippen molar-refractivity contribution in [2.24, 2.45) is 11.8 Å². The molecule has 2 bridgehead atoms. The summed E-state index contributed by atoms with van der Waals surface area (Å²) in [5.74, 6) is 2.42. The molecule has 1 aromatic carbocycles. The van der Waals surface area contributed by atoms with Gasteiger partial charge in [-0.3, -0.25) is 9.69 Å². The number of benzene rings is 1. The van der Waals surface area contributed by atoms with Crippen LogP contribution in [-0.2, 0) is 0 Å². The third kappa shape index (κ3) is 3.03. The van der Waals surface area contributed by atoms with Gasteiger partial charge < -0.3 is 9.73 Å². The van der Waals surface area contributed by atoms with E-state index < -0.39 is 0 Å². The molecule has 3 aliphatic heterocycles. The van der Waals surface area contributed by atoms with Crippen LogP contribution in [0.2, 0.25) is 0 Å². The molecule has 3 saturated heterocycles. The molecule has 140 valence electrons. The van der Waals surface area contributed by atoms with Crippen LogP contribution in [0.3, 0.4) is 0 Å². The second kappa shape index (κ2) is 6.95. The third-order valence-corrected chi connectivity index (χ3v) is 7.69. The van der Waals surface area contributed by atoms with Gasteiger partial charge in [-0.2, -0.15) is 0 Å². The zero-order valence-electron chi connectivity index (χ0n) is 14.7. The number of amides is 1. The molecular weight excluding hydrogens is 465 g/mol. The van der Waals surface area contributed by atoms with Gasteiger partial charge in [0.15, 0.2) is 11.5 Å². The van der Waals surface area contributed by atoms with E-state index in [0.717, 1.165) is 31.0 Å². The van der Waals surface area contributed by atoms with Crippen LogP contribution in [0.15, 0.2) is 22.6 Å². The van der Waals surface area contributed by atoms with Gasteiger partial charge in [0.25, 0.3) is 5.91 Å². The fraction of sp³-hybridized carbons (Fsp3) is 0.579. The predicted molar refractivity (Wildman–Crippen MR) is 111 cm³/mol. The molecule has 6 rings (SSSR count). The molecule has 5 nitrogen and oxygen atoms in total. The summed E-state index contributed by atoms with van der Waals surface area (Å²) >= 11 is 2.48. The number of nitrogens with one attached hydrogen (secondary N) is 1. The second-order valence-corrected chi connectivity index (χ2v) is 9.05. The van der Waals surface area contributed by atoms with Crippen LogP contribution in [-0.4, -0.2) is 39.0 Å². The molecule has 26 heavy (non-hydrogen) atoms. The lowest BCUT2D eigenvalue weighted by atomic mass is 9.84. The van der Waals surface area contributed by atoms with Crippen LogP contribution in [0, 0.1) is 11.8 Å². The van der Waals surface area contributed by atoms with Gasteiger partial charge in [-0.15, -0.1) is 12.4 Å². The number of nitrogens with zero attached hydrogens (tertiary/aromatic N) is 2. The van der Waals surface area contributed by atoms with E-state index in [-0.39, 0.29) is 24.4 Å². The standard InChI is InChI=1S/C19H22IN3O2.ClH/c1-10-9-13(10)19-22-16-12(3-2-4-14(16)25-19)18(24)21-15-11-5-7-23(8-6-11)17(15)20;/h2-4,10-11,13,15,17H,5-9H2,1H3,(H,21,24);1H. The molecule has 1 aromatic heterocycles. The average Bonchev–Trinajstić information content (AvgIpc) is 3.19. The van der Waals surface area contributed by atoms with E-state index in [1.165, 1.54) is 12.8 Å². The number of halogens is 2. The number of hydrogen-bond donors (Lipinski definition) is 1. The van der Waals surface area contributed by atoms with Crippen molar-refractivity contribution < 1.29 is 9.21 Å². The number of aromatic nitrogens is 1. The van der Waals surface area contributed by atoms with Crippen molar-refractivity contribution in [1.29, 1.82) is 0 Å². The highest BCUT2D eigenvalue weighted by molar-refractivity contribution is 14.1. The molecule has 7 heteroatoms. The monoisotopic (exact) mass is 487 g/mol. The summed E-state index contributed by atoms with van der Waals surface area (Å²) in [6.45, 7) is 4.53. The third-order valence-electron chi connectivity index (χ3n) is 6.13. The number of alkyl halides is 1. The molecule has 1 aliphatic carbocycles. The van der Waals surface area contributed by atoms with Crippen molar-refractivity contribution in [1.82, 2.24) is 15.2 Å². The summed E-state index contributed by atoms with van der Waals surface area (Å²) in [5.41, 5.74) is 2.07. The first-order valence-electron chi connectivity index (χ1n) is 9.20. The smallest absolute Gasteiger partial charge is 0.253 e. The van der Waals surface area contributed by atoms with Crippen molar-refractivity contribution in [3.05, 3.63) is 29.7 Å². The van der Waals surface area contributed by atoms with E-state index in [2.05, 4.69) is 44.7 Å². The van der Waals surface area contributed by atoms with Crippen LogP contribution < -0.4 is 5.32 Å². The highest BCUT2D eigenvalue weighted by atomic mass is 127. The van der Waals surface area contributed by atoms with E-state index in [1.54, 1.807) is 0 Å². The van der Waals surface area contributed by atoms with E-state index in [1.807, 2.05) is 18.2 Å². The van der Waals surface area contributed by atoms with Gasteiger partial charge >= 0.3 is 0 Å². The number of carbonyl (C=O) groups excluding carboxylic acids is 1. The molecule has 0 radical (unpaired) electrons. The quantitative estimate of drug-likeness (QED) is 0.405. The summed E-state index contributed by atoms with van der Waals surface area (Å²) in [6, 6.07) is 5.89. The van der Waals surface area contributed by atoms with Crippen LogP contribution in [0.1, 0.15) is 48.4 Å². The number of carbonyl (C=O) groups is 1. The maximum atomic E-state index is 13.0. The van der Waals surface area contributed by atoms with Crippen molar-refractivity contribution in [2.75, 3.05) is 13.1 Å². The molecular formula is C19H23ClIN3O2. The molecule has 4 heterocycles. The molecule has 1 saturated carbocycles. The predicted octanol–water partition coefficient (Wildman–Crippen LogP) is 3.96. The fourth-order valence-electron chi connectivity index (χ4n) is 4.37. The van der Waals surface area contributed by atoms with Gasteiger partial charge in [0.05, 0.1) is 15.7 Å². The second-order valence-electron chi connectivity index (χ2n) is 7.77. The maximum absolute atomic E-state index is 13.0. The maximum Gasteiger partial charge on any atom is 0.253 e. The Kier molecular flexibility index (Phi) is 4.94. The zero-order chi connectivity index (χ0) is 17.1. The highest BCUT2D eigenvalue weighted by Gasteiger charge is 2.42. The van der Waals surface area contributed by atoms with Crippen molar-refractivity contribution in [2.45, 2.75) is 42.2 Å². The lowest BCUT2D eigenvalue weighted by Gasteiger charge is -2.48. The lowest BCUT2D eigenvalue weighted by Crippen LogP contribution is -2.61. The summed E-state index contributed by atoms with van der Waals surface area (Å²) in [7, 11) is 0. The molecule has 4 unspecified atom stereocenters. The van der Waals surface area contributed by atoms with Gasteiger partial charge in [-0.05, 0) is 56.3 Å². The Labute approximate surface area is 172 Å². The van der Waals surface area contributed by atoms with Crippen LogP contribution in [0.5, 0.6) is 0 Å². The average molecular weight is 488 g/mol. The first-order valence-corrected chi connectivity index (χ1v) is 10.4. The minimum Gasteiger partial charge on any atom is -0.440 e. The van der Waals surface area contributed by atoms with Crippen molar-refractivity contribution in [3.8, 4) is 0 Å². The van der Waals surface area contributed by atoms with Gasteiger partial charge in [0.2, 0.25) is 0 Å². The molecule has 4 atom stereocenters. The molecule has 1 amide bonds. The first kappa shape index (κ1) is 18.5. The summed E-state index contributed by atoms with van der Waals surface area (Å²) in [5, 5.41) is 3.30.